The van der Waals surface area contributed by atoms with E-state index in [0.717, 1.165) is 78.6 Å². The molecule has 0 bridgehead atoms. The van der Waals surface area contributed by atoms with Gasteiger partial charge in [0, 0.05) is 31.1 Å². The third-order valence-electron chi connectivity index (χ3n) is 7.86. The maximum Gasteiger partial charge on any atom is 0.268 e. The molecule has 1 fully saturated rings. The predicted octanol–water partition coefficient (Wildman–Crippen LogP) is 4.30. The van der Waals surface area contributed by atoms with Gasteiger partial charge in [-0.05, 0) is 55.5 Å². The van der Waals surface area contributed by atoms with Crippen LogP contribution in [0, 0.1) is 0 Å². The molecule has 1 saturated heterocycles. The van der Waals surface area contributed by atoms with Crippen molar-refractivity contribution in [1.29, 1.82) is 0 Å². The van der Waals surface area contributed by atoms with Gasteiger partial charge in [0.05, 0.1) is 30.4 Å². The smallest absolute Gasteiger partial charge is 0.268 e. The van der Waals surface area contributed by atoms with Crippen molar-refractivity contribution in [3.8, 4) is 11.4 Å². The quantitative estimate of drug-likeness (QED) is 0.340. The minimum Gasteiger partial charge on any atom is -0.495 e. The number of para-hydroxylation sites is 3. The van der Waals surface area contributed by atoms with Crippen LogP contribution >= 0.6 is 11.3 Å². The highest BCUT2D eigenvalue weighted by atomic mass is 32.1. The maximum absolute atomic E-state index is 14.0. The second kappa shape index (κ2) is 9.56. The Morgan fingerprint density at radius 2 is 1.68 bits per heavy atom. The lowest BCUT2D eigenvalue weighted by Crippen LogP contribution is -2.46. The topological polar surface area (TPSA) is 67.9 Å². The van der Waals surface area contributed by atoms with E-state index in [1.54, 1.807) is 23.0 Å². The molecule has 38 heavy (non-hydrogen) atoms. The monoisotopic (exact) mass is 526 g/mol. The number of piperazine rings is 1. The van der Waals surface area contributed by atoms with Gasteiger partial charge in [-0.1, -0.05) is 30.3 Å². The van der Waals surface area contributed by atoms with Crippen molar-refractivity contribution < 1.29 is 4.74 Å². The second-order valence-corrected chi connectivity index (χ2v) is 11.1. The lowest BCUT2D eigenvalue weighted by Gasteiger charge is -2.36. The number of thiophene rings is 1. The fraction of sp³-hybridized carbons (Fsp3) is 0.345. The summed E-state index contributed by atoms with van der Waals surface area (Å²) in [6, 6.07) is 18.0. The third-order valence-corrected chi connectivity index (χ3v) is 9.14. The number of fused-ring (bicyclic) bond motifs is 5. The van der Waals surface area contributed by atoms with Gasteiger partial charge >= 0.3 is 0 Å². The Morgan fingerprint density at radius 3 is 2.50 bits per heavy atom. The van der Waals surface area contributed by atoms with Crippen LogP contribution in [0.1, 0.15) is 29.1 Å². The van der Waals surface area contributed by atoms with E-state index in [0.29, 0.717) is 12.3 Å². The zero-order valence-corrected chi connectivity index (χ0v) is 22.3. The fourth-order valence-corrected chi connectivity index (χ4v) is 7.34. The first-order valence-electron chi connectivity index (χ1n) is 13.3. The van der Waals surface area contributed by atoms with Gasteiger partial charge in [0.15, 0.2) is 5.82 Å². The molecule has 0 atom stereocenters. The van der Waals surface area contributed by atoms with Gasteiger partial charge in [-0.15, -0.1) is 21.5 Å². The maximum atomic E-state index is 14.0. The summed E-state index contributed by atoms with van der Waals surface area (Å²) in [5.74, 6) is 2.39. The molecule has 0 amide bonds. The average Bonchev–Trinajstić information content (AvgIpc) is 3.56. The van der Waals surface area contributed by atoms with E-state index in [-0.39, 0.29) is 5.56 Å². The molecule has 194 valence electrons. The van der Waals surface area contributed by atoms with Gasteiger partial charge in [-0.3, -0.25) is 14.1 Å². The Bertz CT molecular complexity index is 1680. The molecule has 7 rings (SSSR count). The number of nitrogens with zero attached hydrogens (tertiary/aromatic N) is 6. The summed E-state index contributed by atoms with van der Waals surface area (Å²) in [7, 11) is 1.73. The molecular weight excluding hydrogens is 496 g/mol. The minimum atomic E-state index is 0.0162. The number of anilines is 1. The first kappa shape index (κ1) is 23.4. The Balaban J connectivity index is 1.27. The molecule has 5 aromatic rings. The van der Waals surface area contributed by atoms with Crippen LogP contribution in [0.4, 0.5) is 5.69 Å². The summed E-state index contributed by atoms with van der Waals surface area (Å²) in [5.41, 5.74) is 3.21. The van der Waals surface area contributed by atoms with E-state index >= 15 is 0 Å². The first-order chi connectivity index (χ1) is 18.7. The van der Waals surface area contributed by atoms with Crippen LogP contribution in [0.25, 0.3) is 21.7 Å². The van der Waals surface area contributed by atoms with Crippen LogP contribution in [0.3, 0.4) is 0 Å². The summed E-state index contributed by atoms with van der Waals surface area (Å²) in [5, 5.41) is 10.1. The van der Waals surface area contributed by atoms with Crippen molar-refractivity contribution in [2.45, 2.75) is 32.2 Å². The number of methoxy groups -OCH3 is 1. The highest BCUT2D eigenvalue weighted by Gasteiger charge is 2.27. The molecule has 0 spiro atoms. The molecule has 0 N–H and O–H groups in total. The SMILES string of the molecule is COc1ccccc1N1CCN(Cc2nnc3n(-c4ccccc4)c(=O)c4c5c(sc4n23)CCCC5)CC1. The summed E-state index contributed by atoms with van der Waals surface area (Å²) < 4.78 is 9.49. The summed E-state index contributed by atoms with van der Waals surface area (Å²) in [6.07, 6.45) is 4.32. The number of ether oxygens (including phenoxy) is 1. The number of hydrogen-bond acceptors (Lipinski definition) is 7. The molecule has 1 aliphatic heterocycles. The van der Waals surface area contributed by atoms with Gasteiger partial charge in [0.25, 0.3) is 5.56 Å². The van der Waals surface area contributed by atoms with E-state index < -0.39 is 0 Å². The van der Waals surface area contributed by atoms with Crippen LogP contribution in [0.5, 0.6) is 5.75 Å². The standard InChI is InChI=1S/C29H30N6O2S/c1-37-23-13-7-6-12-22(23)33-17-15-32(16-18-33)19-25-30-31-29-34(20-9-3-2-4-10-20)27(36)26-21-11-5-8-14-24(21)38-28(26)35(25)29/h2-4,6-7,9-10,12-13H,5,8,11,14-19H2,1H3. The zero-order valence-electron chi connectivity index (χ0n) is 21.5. The second-order valence-electron chi connectivity index (χ2n) is 10.1. The van der Waals surface area contributed by atoms with Crippen molar-refractivity contribution in [2.75, 3.05) is 38.2 Å². The molecule has 0 radical (unpaired) electrons. The summed E-state index contributed by atoms with van der Waals surface area (Å²) in [6.45, 7) is 4.33. The van der Waals surface area contributed by atoms with Gasteiger partial charge in [0.1, 0.15) is 10.6 Å². The third kappa shape index (κ3) is 3.80. The van der Waals surface area contributed by atoms with E-state index in [9.17, 15) is 4.79 Å². The number of aryl methyl sites for hydroxylation is 2. The molecule has 1 aliphatic carbocycles. The molecule has 9 heteroatoms. The molecule has 0 unspecified atom stereocenters. The molecule has 3 aromatic heterocycles. The average molecular weight is 527 g/mol. The van der Waals surface area contributed by atoms with Crippen molar-refractivity contribution in [1.82, 2.24) is 24.1 Å². The largest absolute Gasteiger partial charge is 0.495 e. The molecule has 8 nitrogen and oxygen atoms in total. The van der Waals surface area contributed by atoms with Crippen molar-refractivity contribution in [3.63, 3.8) is 0 Å². The van der Waals surface area contributed by atoms with Crippen LogP contribution < -0.4 is 15.2 Å². The highest BCUT2D eigenvalue weighted by Crippen LogP contribution is 2.36. The highest BCUT2D eigenvalue weighted by molar-refractivity contribution is 7.18. The minimum absolute atomic E-state index is 0.0162. The number of rotatable bonds is 5. The molecule has 4 heterocycles. The van der Waals surface area contributed by atoms with Crippen LogP contribution in [0.15, 0.2) is 59.4 Å². The van der Waals surface area contributed by atoms with Crippen LogP contribution in [-0.2, 0) is 19.4 Å². The van der Waals surface area contributed by atoms with Gasteiger partial charge < -0.3 is 9.64 Å². The fourth-order valence-electron chi connectivity index (χ4n) is 5.94. The Kier molecular flexibility index (Phi) is 5.89. The van der Waals surface area contributed by atoms with Crippen LogP contribution in [-0.4, -0.2) is 57.4 Å². The number of benzene rings is 2. The predicted molar refractivity (Wildman–Crippen MR) is 151 cm³/mol. The van der Waals surface area contributed by atoms with Gasteiger partial charge in [-0.25, -0.2) is 4.57 Å². The lowest BCUT2D eigenvalue weighted by atomic mass is 9.97. The van der Waals surface area contributed by atoms with Gasteiger partial charge in [0.2, 0.25) is 5.78 Å². The van der Waals surface area contributed by atoms with Crippen molar-refractivity contribution in [3.05, 3.63) is 81.2 Å². The van der Waals surface area contributed by atoms with Crippen molar-refractivity contribution >= 4 is 33.0 Å². The Morgan fingerprint density at radius 1 is 0.921 bits per heavy atom. The van der Waals surface area contributed by atoms with Crippen LogP contribution in [0.2, 0.25) is 0 Å². The van der Waals surface area contributed by atoms with E-state index in [1.165, 1.54) is 16.9 Å². The molecule has 2 aliphatic rings. The molecular formula is C29H30N6O2S. The normalized spacial score (nSPS) is 16.3. The van der Waals surface area contributed by atoms with Crippen molar-refractivity contribution in [2.24, 2.45) is 0 Å². The number of hydrogen-bond donors (Lipinski definition) is 0. The Hall–Kier alpha value is -3.69. The summed E-state index contributed by atoms with van der Waals surface area (Å²) >= 11 is 1.76. The molecule has 2 aromatic carbocycles. The molecule has 0 saturated carbocycles. The number of aromatic nitrogens is 4. The first-order valence-corrected chi connectivity index (χ1v) is 14.1. The Labute approximate surface area is 224 Å². The summed E-state index contributed by atoms with van der Waals surface area (Å²) in [4.78, 5) is 21.1. The van der Waals surface area contributed by atoms with Gasteiger partial charge in [-0.2, -0.15) is 0 Å². The zero-order chi connectivity index (χ0) is 25.6. The van der Waals surface area contributed by atoms with E-state index in [1.807, 2.05) is 42.5 Å². The van der Waals surface area contributed by atoms with E-state index in [2.05, 4.69) is 36.5 Å². The lowest BCUT2D eigenvalue weighted by molar-refractivity contribution is 0.243. The van der Waals surface area contributed by atoms with E-state index in [4.69, 9.17) is 4.74 Å².